The first-order valence-corrected chi connectivity index (χ1v) is 11.1. The SMILES string of the molecule is Nc1nc2ncc(CNc3ccc(C(=O)N[C@@H](CC[C](=O)[Bi])C(=O)O)cc3)nc2c(=O)[nH]1. The molecule has 0 aliphatic carbocycles. The minimum atomic E-state index is -1.19. The molecule has 1 atom stereocenters. The van der Waals surface area contributed by atoms with Crippen molar-refractivity contribution in [2.45, 2.75) is 25.4 Å². The molecule has 3 aromatic rings. The van der Waals surface area contributed by atoms with Crippen LogP contribution in [-0.4, -0.2) is 71.2 Å². The van der Waals surface area contributed by atoms with E-state index >= 15 is 0 Å². The molecule has 2 heterocycles. The zero-order chi connectivity index (χ0) is 23.3. The van der Waals surface area contributed by atoms with Gasteiger partial charge in [-0.3, -0.25) is 9.78 Å². The minimum absolute atomic E-state index is 0.0398. The number of nitrogen functional groups attached to an aromatic ring is 1. The van der Waals surface area contributed by atoms with Crippen LogP contribution in [0.1, 0.15) is 28.9 Å². The van der Waals surface area contributed by atoms with Crippen molar-refractivity contribution in [3.63, 3.8) is 0 Å². The number of nitrogens with two attached hydrogens (primary N) is 1. The number of fused-ring (bicyclic) bond motifs is 1. The summed E-state index contributed by atoms with van der Waals surface area (Å²) in [4.78, 5) is 61.3. The number of hydrogen-bond acceptors (Lipinski definition) is 9. The van der Waals surface area contributed by atoms with Crippen LogP contribution in [0, 0.1) is 0 Å². The molecule has 1 amide bonds. The van der Waals surface area contributed by atoms with E-state index in [0.717, 1.165) is 0 Å². The fraction of sp³-hybridized carbons (Fsp3) is 0.211. The number of carboxylic acids is 1. The van der Waals surface area contributed by atoms with E-state index in [1.54, 1.807) is 12.1 Å². The van der Waals surface area contributed by atoms with Crippen molar-refractivity contribution in [2.24, 2.45) is 0 Å². The minimum Gasteiger partial charge on any atom is -0.291 e. The van der Waals surface area contributed by atoms with Crippen LogP contribution in [0.2, 0.25) is 0 Å². The Morgan fingerprint density at radius 1 is 1.19 bits per heavy atom. The predicted octanol–water partition coefficient (Wildman–Crippen LogP) is -0.434. The molecule has 2 radical (unpaired) electrons. The third-order valence-corrected chi connectivity index (χ3v) is 5.23. The molecule has 164 valence electrons. The van der Waals surface area contributed by atoms with E-state index in [-0.39, 0.29) is 45.6 Å². The number of aromatic amines is 1. The van der Waals surface area contributed by atoms with E-state index in [0.29, 0.717) is 36.1 Å². The normalized spacial score (nSPS) is 11.7. The van der Waals surface area contributed by atoms with Crippen molar-refractivity contribution < 1.29 is 19.5 Å². The molecule has 0 unspecified atom stereocenters. The summed E-state index contributed by atoms with van der Waals surface area (Å²) in [6, 6.07) is 5.24. The van der Waals surface area contributed by atoms with Crippen LogP contribution in [0.4, 0.5) is 11.6 Å². The monoisotopic (exact) mass is 633 g/mol. The Kier molecular flexibility index (Phi) is 7.42. The van der Waals surface area contributed by atoms with Gasteiger partial charge in [0.2, 0.25) is 5.95 Å². The Bertz CT molecular complexity index is 1230. The Balaban J connectivity index is 1.62. The van der Waals surface area contributed by atoms with Crippen LogP contribution in [0.5, 0.6) is 0 Å². The van der Waals surface area contributed by atoms with Crippen molar-refractivity contribution in [3.8, 4) is 0 Å². The molecule has 12 nitrogen and oxygen atoms in total. The number of rotatable bonds is 9. The summed E-state index contributed by atoms with van der Waals surface area (Å²) >= 11 is 0.548. The van der Waals surface area contributed by atoms with Crippen molar-refractivity contribution >= 4 is 62.9 Å². The van der Waals surface area contributed by atoms with Gasteiger partial charge in [0.1, 0.15) is 0 Å². The van der Waals surface area contributed by atoms with Gasteiger partial charge in [-0.2, -0.15) is 4.98 Å². The van der Waals surface area contributed by atoms with Gasteiger partial charge in [-0.15, -0.1) is 0 Å². The molecule has 2 aromatic heterocycles. The van der Waals surface area contributed by atoms with E-state index in [1.807, 2.05) is 0 Å². The standard InChI is InChI=1S/C19H18N7O5.Bi/c20-19-25-15-14(17(29)26-19)23-12(9-22-15)8-21-11-5-3-10(4-6-11)16(28)24-13(18(30)31)2-1-7-27;/h3-6,9,13,21H,1-2,8H2,(H,24,28)(H,30,31)(H3,20,22,25,26,29);/t13-;/m0./s1. The third kappa shape index (κ3) is 6.04. The second kappa shape index (κ2) is 10.2. The molecular weight excluding hydrogens is 615 g/mol. The quantitative estimate of drug-likeness (QED) is 0.193. The summed E-state index contributed by atoms with van der Waals surface area (Å²) in [6.07, 6.45) is 1.63. The Morgan fingerprint density at radius 3 is 2.56 bits per heavy atom. The van der Waals surface area contributed by atoms with E-state index < -0.39 is 23.5 Å². The average molecular weight is 633 g/mol. The van der Waals surface area contributed by atoms with E-state index in [9.17, 15) is 24.3 Å². The van der Waals surface area contributed by atoms with Gasteiger partial charge in [0.05, 0.1) is 11.9 Å². The number of aliphatic carboxylic acids is 1. The molecular formula is C19H18BiN7O5. The van der Waals surface area contributed by atoms with Crippen LogP contribution >= 0.6 is 0 Å². The molecule has 1 aromatic carbocycles. The van der Waals surface area contributed by atoms with Crippen molar-refractivity contribution in [1.82, 2.24) is 25.3 Å². The largest absolute Gasteiger partial charge is 0.291 e. The van der Waals surface area contributed by atoms with Gasteiger partial charge in [0.25, 0.3) is 5.56 Å². The number of carbonyl (C=O) groups excluding carboxylic acids is 2. The number of carbonyl (C=O) groups is 3. The maximum atomic E-state index is 12.3. The molecule has 0 bridgehead atoms. The smallest absolute Gasteiger partial charge is 0.280 e. The first-order valence-electron chi connectivity index (χ1n) is 9.33. The number of nitrogens with zero attached hydrogens (tertiary/aromatic N) is 3. The first kappa shape index (κ1) is 23.2. The molecule has 13 heteroatoms. The van der Waals surface area contributed by atoms with Gasteiger partial charge in [-0.05, 0) is 0 Å². The number of nitrogens with one attached hydrogen (secondary N) is 3. The number of hydrogen-bond donors (Lipinski definition) is 5. The fourth-order valence-electron chi connectivity index (χ4n) is 2.75. The molecule has 0 saturated carbocycles. The van der Waals surface area contributed by atoms with Crippen LogP contribution in [0.3, 0.4) is 0 Å². The Hall–Kier alpha value is -3.47. The second-order valence-electron chi connectivity index (χ2n) is 6.71. The molecule has 0 spiro atoms. The summed E-state index contributed by atoms with van der Waals surface area (Å²) in [6.45, 7) is 0.257. The van der Waals surface area contributed by atoms with Crippen molar-refractivity contribution in [1.29, 1.82) is 0 Å². The molecule has 32 heavy (non-hydrogen) atoms. The van der Waals surface area contributed by atoms with Crippen LogP contribution in [0.25, 0.3) is 11.2 Å². The van der Waals surface area contributed by atoms with Gasteiger partial charge in [0.15, 0.2) is 11.2 Å². The van der Waals surface area contributed by atoms with Gasteiger partial charge in [-0.1, -0.05) is 0 Å². The number of anilines is 2. The zero-order valence-electron chi connectivity index (χ0n) is 16.5. The van der Waals surface area contributed by atoms with Crippen LogP contribution < -0.4 is 21.9 Å². The Morgan fingerprint density at radius 2 is 1.91 bits per heavy atom. The number of H-pyrrole nitrogens is 1. The molecule has 0 fully saturated rings. The van der Waals surface area contributed by atoms with Gasteiger partial charge < -0.3 is 5.73 Å². The van der Waals surface area contributed by atoms with Crippen LogP contribution in [-0.2, 0) is 16.1 Å². The molecule has 0 saturated heterocycles. The predicted molar refractivity (Wildman–Crippen MR) is 115 cm³/mol. The first-order chi connectivity index (χ1) is 15.2. The van der Waals surface area contributed by atoms with Crippen LogP contribution in [0.15, 0.2) is 35.3 Å². The third-order valence-electron chi connectivity index (χ3n) is 4.36. The summed E-state index contributed by atoms with van der Waals surface area (Å²) < 4.78 is -0.0398. The average Bonchev–Trinajstić information content (AvgIpc) is 2.75. The molecule has 3 rings (SSSR count). The van der Waals surface area contributed by atoms with E-state index in [4.69, 9.17) is 5.73 Å². The van der Waals surface area contributed by atoms with Crippen molar-refractivity contribution in [2.75, 3.05) is 11.1 Å². The topological polar surface area (TPSA) is 193 Å². The number of amides is 1. The number of aromatic nitrogens is 4. The molecule has 0 aliphatic heterocycles. The zero-order valence-corrected chi connectivity index (χ0v) is 20.0. The number of benzene rings is 1. The molecule has 6 N–H and O–H groups in total. The summed E-state index contributed by atoms with van der Waals surface area (Å²) in [7, 11) is 0. The Labute approximate surface area is 195 Å². The number of carboxylic acid groups (broad SMARTS) is 1. The summed E-state index contributed by atoms with van der Waals surface area (Å²) in [5.74, 6) is -1.78. The summed E-state index contributed by atoms with van der Waals surface area (Å²) in [5.41, 5.74) is 6.66. The second-order valence-corrected chi connectivity index (χ2v) is 8.65. The van der Waals surface area contributed by atoms with E-state index in [2.05, 4.69) is 30.6 Å². The maximum Gasteiger partial charge on any atom is 0.280 e. The molecule has 0 aliphatic rings. The summed E-state index contributed by atoms with van der Waals surface area (Å²) in [5, 5.41) is 14.8. The maximum absolute atomic E-state index is 12.3. The van der Waals surface area contributed by atoms with E-state index in [1.165, 1.54) is 18.3 Å². The van der Waals surface area contributed by atoms with Gasteiger partial charge in [-0.25, -0.2) is 9.97 Å². The van der Waals surface area contributed by atoms with Gasteiger partial charge >= 0.3 is 131 Å². The van der Waals surface area contributed by atoms with Crippen molar-refractivity contribution in [3.05, 3.63) is 52.1 Å². The fourth-order valence-corrected chi connectivity index (χ4v) is 3.26. The van der Waals surface area contributed by atoms with Gasteiger partial charge in [0, 0.05) is 0 Å².